The number of unbranched alkanes of at least 4 members (excludes halogenated alkanes) is 36. The highest BCUT2D eigenvalue weighted by Gasteiger charge is 2.30. The molecule has 6 atom stereocenters. The molecule has 0 radical (unpaired) electrons. The number of aliphatic hydroxyl groups excluding tert-OH is 1. The van der Waals surface area contributed by atoms with E-state index in [9.17, 15) is 43.2 Å². The highest BCUT2D eigenvalue weighted by molar-refractivity contribution is 7.47. The summed E-state index contributed by atoms with van der Waals surface area (Å²) in [5.74, 6) is -0.626. The molecular formula is C78H144O17P2. The lowest BCUT2D eigenvalue weighted by atomic mass is 9.99. The summed E-state index contributed by atoms with van der Waals surface area (Å²) in [5, 5.41) is 10.6. The van der Waals surface area contributed by atoms with Gasteiger partial charge in [0.05, 0.1) is 26.4 Å². The van der Waals surface area contributed by atoms with Gasteiger partial charge in [-0.05, 0) is 88.9 Å². The molecule has 0 aliphatic carbocycles. The molecule has 0 saturated heterocycles. The second-order valence-electron chi connectivity index (χ2n) is 27.4. The predicted octanol–water partition coefficient (Wildman–Crippen LogP) is 22.2. The molecule has 0 aromatic rings. The van der Waals surface area contributed by atoms with Crippen LogP contribution in [0.15, 0.2) is 48.6 Å². The normalized spacial score (nSPS) is 14.6. The van der Waals surface area contributed by atoms with E-state index in [2.05, 4.69) is 90.2 Å². The van der Waals surface area contributed by atoms with Gasteiger partial charge >= 0.3 is 39.5 Å². The fraction of sp³-hybridized carbons (Fsp3) is 0.846. The molecule has 0 heterocycles. The quantitative estimate of drug-likeness (QED) is 0.0169. The van der Waals surface area contributed by atoms with Gasteiger partial charge in [0.25, 0.3) is 0 Å². The minimum absolute atomic E-state index is 0.0780. The van der Waals surface area contributed by atoms with E-state index in [-0.39, 0.29) is 25.7 Å². The average Bonchev–Trinajstić information content (AvgIpc) is 1.72. The van der Waals surface area contributed by atoms with Gasteiger partial charge in [-0.1, -0.05) is 302 Å². The number of phosphoric acid groups is 2. The van der Waals surface area contributed by atoms with E-state index >= 15 is 0 Å². The van der Waals surface area contributed by atoms with Crippen LogP contribution in [0.5, 0.6) is 0 Å². The maximum atomic E-state index is 13.1. The van der Waals surface area contributed by atoms with E-state index in [1.165, 1.54) is 141 Å². The summed E-state index contributed by atoms with van der Waals surface area (Å²) < 4.78 is 68.5. The van der Waals surface area contributed by atoms with E-state index in [1.807, 2.05) is 0 Å². The fourth-order valence-corrected chi connectivity index (χ4v) is 12.5. The van der Waals surface area contributed by atoms with Gasteiger partial charge in [-0.15, -0.1) is 0 Å². The van der Waals surface area contributed by atoms with Crippen LogP contribution in [0, 0.1) is 11.8 Å². The first-order valence-electron chi connectivity index (χ1n) is 39.2. The maximum absolute atomic E-state index is 13.1. The Labute approximate surface area is 591 Å². The molecule has 17 nitrogen and oxygen atoms in total. The number of phosphoric ester groups is 2. The molecule has 0 spiro atoms. The second-order valence-corrected chi connectivity index (χ2v) is 30.4. The lowest BCUT2D eigenvalue weighted by Crippen LogP contribution is -2.30. The van der Waals surface area contributed by atoms with Crippen LogP contribution >= 0.6 is 15.6 Å². The van der Waals surface area contributed by atoms with E-state index in [4.69, 9.17) is 37.0 Å². The van der Waals surface area contributed by atoms with Crippen LogP contribution in [0.3, 0.4) is 0 Å². The number of carbonyl (C=O) groups is 4. The first-order valence-corrected chi connectivity index (χ1v) is 42.2. The Morgan fingerprint density at radius 2 is 0.608 bits per heavy atom. The number of esters is 4. The van der Waals surface area contributed by atoms with Crippen LogP contribution < -0.4 is 0 Å². The van der Waals surface area contributed by atoms with Gasteiger partial charge in [0.15, 0.2) is 12.2 Å². The van der Waals surface area contributed by atoms with Crippen molar-refractivity contribution in [1.29, 1.82) is 0 Å². The minimum atomic E-state index is -4.97. The van der Waals surface area contributed by atoms with Crippen molar-refractivity contribution in [3.8, 4) is 0 Å². The summed E-state index contributed by atoms with van der Waals surface area (Å²) in [5.41, 5.74) is 0. The van der Waals surface area contributed by atoms with Crippen molar-refractivity contribution in [3.05, 3.63) is 48.6 Å². The van der Waals surface area contributed by atoms with Gasteiger partial charge in [0.2, 0.25) is 0 Å². The van der Waals surface area contributed by atoms with Crippen LogP contribution in [0.25, 0.3) is 0 Å². The first kappa shape index (κ1) is 94.0. The smallest absolute Gasteiger partial charge is 0.462 e. The third-order valence-corrected chi connectivity index (χ3v) is 19.2. The highest BCUT2D eigenvalue weighted by atomic mass is 31.2. The van der Waals surface area contributed by atoms with Gasteiger partial charge in [-0.2, -0.15) is 0 Å². The van der Waals surface area contributed by atoms with Gasteiger partial charge in [-0.3, -0.25) is 37.3 Å². The summed E-state index contributed by atoms with van der Waals surface area (Å²) in [6, 6.07) is 0. The molecule has 0 aromatic carbocycles. The molecule has 97 heavy (non-hydrogen) atoms. The van der Waals surface area contributed by atoms with Crippen molar-refractivity contribution >= 4 is 39.5 Å². The maximum Gasteiger partial charge on any atom is 0.472 e. The van der Waals surface area contributed by atoms with Crippen molar-refractivity contribution in [3.63, 3.8) is 0 Å². The zero-order valence-electron chi connectivity index (χ0n) is 62.3. The molecule has 0 saturated carbocycles. The van der Waals surface area contributed by atoms with Crippen LogP contribution in [0.2, 0.25) is 0 Å². The van der Waals surface area contributed by atoms with E-state index in [0.717, 1.165) is 134 Å². The minimum Gasteiger partial charge on any atom is -0.462 e. The third-order valence-electron chi connectivity index (χ3n) is 17.3. The van der Waals surface area contributed by atoms with Crippen molar-refractivity contribution < 1.29 is 80.2 Å². The number of carbonyl (C=O) groups excluding carboxylic acids is 4. The molecule has 568 valence electrons. The van der Waals surface area contributed by atoms with E-state index < -0.39 is 97.5 Å². The Morgan fingerprint density at radius 1 is 0.340 bits per heavy atom. The Balaban J connectivity index is 5.34. The third kappa shape index (κ3) is 69.9. The van der Waals surface area contributed by atoms with E-state index in [1.54, 1.807) is 0 Å². The van der Waals surface area contributed by atoms with Gasteiger partial charge < -0.3 is 33.8 Å². The number of hydrogen-bond donors (Lipinski definition) is 3. The Bertz CT molecular complexity index is 2060. The number of ether oxygens (including phenoxy) is 4. The molecule has 0 amide bonds. The zero-order valence-corrected chi connectivity index (χ0v) is 64.1. The van der Waals surface area contributed by atoms with Crippen molar-refractivity contribution in [2.45, 2.75) is 374 Å². The summed E-state index contributed by atoms with van der Waals surface area (Å²) in [4.78, 5) is 72.9. The van der Waals surface area contributed by atoms with E-state index in [0.29, 0.717) is 25.7 Å². The Hall–Kier alpha value is -2.98. The first-order chi connectivity index (χ1) is 46.9. The summed E-state index contributed by atoms with van der Waals surface area (Å²) in [6.07, 6.45) is 62.5. The molecule has 0 aliphatic rings. The molecule has 0 bridgehead atoms. The highest BCUT2D eigenvalue weighted by Crippen LogP contribution is 2.45. The molecule has 19 heteroatoms. The summed E-state index contributed by atoms with van der Waals surface area (Å²) >= 11 is 0. The molecule has 3 unspecified atom stereocenters. The van der Waals surface area contributed by atoms with Crippen LogP contribution in [-0.4, -0.2) is 96.7 Å². The standard InChI is InChI=1S/C78H144O17P2/c1-7-10-12-14-16-18-20-22-24-26-31-35-42-48-54-60-75(80)88-66-73(94-77(82)62-56-50-44-36-32-27-25-23-21-19-17-15-13-11-8-2)68-92-96(84,85)90-64-72(79)65-91-97(86,87)93-69-74(67-89-76(81)61-55-49-43-39-38-41-47-53-59-71(6)9-3)95-78(83)63-57-51-45-37-33-29-28-30-34-40-46-52-58-70(4)5/h18-25,70-74,79H,7-17,26-69H2,1-6H3,(H,84,85)(H,86,87)/b20-18-,21-19-,24-22-,25-23-/t71?,72-,73-,74-/m1/s1. The number of hydrogen-bond acceptors (Lipinski definition) is 15. The number of rotatable bonds is 73. The predicted molar refractivity (Wildman–Crippen MR) is 395 cm³/mol. The van der Waals surface area contributed by atoms with Crippen molar-refractivity contribution in [1.82, 2.24) is 0 Å². The largest absolute Gasteiger partial charge is 0.472 e. The molecule has 3 N–H and O–H groups in total. The Morgan fingerprint density at radius 3 is 0.918 bits per heavy atom. The SMILES string of the molecule is CCCCCC/C=C\C=C/CCCCCCCC(=O)OC[C@H](COP(=O)(O)OC[C@@H](O)COP(=O)(O)OC[C@@H](COC(=O)CCCCCCCCCCC(C)CC)OC(=O)CCCCCCCCCCCCCCC(C)C)OC(=O)CCCCCCC/C=C\C=C/CCCCCC. The van der Waals surface area contributed by atoms with Crippen molar-refractivity contribution in [2.24, 2.45) is 11.8 Å². The van der Waals surface area contributed by atoms with Gasteiger partial charge in [0.1, 0.15) is 19.3 Å². The average molecular weight is 1420 g/mol. The van der Waals surface area contributed by atoms with Crippen LogP contribution in [-0.2, 0) is 65.4 Å². The van der Waals surface area contributed by atoms with Crippen LogP contribution in [0.4, 0.5) is 0 Å². The van der Waals surface area contributed by atoms with Crippen molar-refractivity contribution in [2.75, 3.05) is 39.6 Å². The molecule has 0 aromatic heterocycles. The fourth-order valence-electron chi connectivity index (χ4n) is 10.9. The van der Waals surface area contributed by atoms with Gasteiger partial charge in [0, 0.05) is 25.7 Å². The monoisotopic (exact) mass is 1410 g/mol. The van der Waals surface area contributed by atoms with Gasteiger partial charge in [-0.25, -0.2) is 9.13 Å². The molecule has 0 fully saturated rings. The lowest BCUT2D eigenvalue weighted by Gasteiger charge is -2.21. The zero-order chi connectivity index (χ0) is 71.4. The number of aliphatic hydroxyl groups is 1. The topological polar surface area (TPSA) is 237 Å². The summed E-state index contributed by atoms with van der Waals surface area (Å²) in [7, 11) is -9.94. The molecule has 0 rings (SSSR count). The second kappa shape index (κ2) is 68.8. The van der Waals surface area contributed by atoms with Crippen LogP contribution in [0.1, 0.15) is 356 Å². The summed E-state index contributed by atoms with van der Waals surface area (Å²) in [6.45, 7) is 9.48. The number of allylic oxidation sites excluding steroid dienone is 8. The molecular weight excluding hydrogens is 1270 g/mol. The molecule has 0 aliphatic heterocycles. The lowest BCUT2D eigenvalue weighted by molar-refractivity contribution is -0.161. The Kier molecular flexibility index (Phi) is 66.7.